The van der Waals surface area contributed by atoms with E-state index in [2.05, 4.69) is 10.3 Å². The average molecular weight is 300 g/mol. The number of amides is 1. The molecule has 3 aromatic rings. The van der Waals surface area contributed by atoms with Gasteiger partial charge in [-0.1, -0.05) is 19.9 Å². The van der Waals surface area contributed by atoms with Gasteiger partial charge in [-0.25, -0.2) is 4.98 Å². The molecule has 0 saturated carbocycles. The van der Waals surface area contributed by atoms with E-state index in [1.165, 1.54) is 0 Å². The molecule has 0 bridgehead atoms. The Balaban J connectivity index is 1.78. The molecule has 108 valence electrons. The van der Waals surface area contributed by atoms with Gasteiger partial charge in [0.15, 0.2) is 11.5 Å². The van der Waals surface area contributed by atoms with Crippen molar-refractivity contribution in [3.8, 4) is 0 Å². The summed E-state index contributed by atoms with van der Waals surface area (Å²) in [5.41, 5.74) is 2.03. The van der Waals surface area contributed by atoms with Crippen LogP contribution in [0.5, 0.6) is 0 Å². The maximum Gasteiger partial charge on any atom is 0.251 e. The second kappa shape index (κ2) is 5.69. The minimum absolute atomic E-state index is 0.104. The Kier molecular flexibility index (Phi) is 3.75. The Bertz CT molecular complexity index is 760. The summed E-state index contributed by atoms with van der Waals surface area (Å²) in [5.74, 6) is 0.822. The van der Waals surface area contributed by atoms with Crippen LogP contribution in [-0.4, -0.2) is 10.9 Å². The molecule has 21 heavy (non-hydrogen) atoms. The molecule has 1 aromatic carbocycles. The summed E-state index contributed by atoms with van der Waals surface area (Å²) in [6, 6.07) is 9.32. The largest absolute Gasteiger partial charge is 0.440 e. The summed E-state index contributed by atoms with van der Waals surface area (Å²) in [5, 5.41) is 4.90. The summed E-state index contributed by atoms with van der Waals surface area (Å²) < 4.78 is 5.68. The summed E-state index contributed by atoms with van der Waals surface area (Å²) in [6.45, 7) is 4.60. The molecule has 0 atom stereocenters. The Labute approximate surface area is 126 Å². The number of fused-ring (bicyclic) bond motifs is 1. The van der Waals surface area contributed by atoms with Crippen LogP contribution in [0.25, 0.3) is 11.1 Å². The highest BCUT2D eigenvalue weighted by Crippen LogP contribution is 2.22. The van der Waals surface area contributed by atoms with Gasteiger partial charge in [0.05, 0.1) is 6.54 Å². The number of carbonyl (C=O) groups excluding carboxylic acids is 1. The summed E-state index contributed by atoms with van der Waals surface area (Å²) >= 11 is 1.63. The van der Waals surface area contributed by atoms with Gasteiger partial charge in [-0.15, -0.1) is 11.3 Å². The van der Waals surface area contributed by atoms with Crippen molar-refractivity contribution < 1.29 is 9.21 Å². The Morgan fingerprint density at radius 1 is 1.38 bits per heavy atom. The monoisotopic (exact) mass is 300 g/mol. The first-order valence-corrected chi connectivity index (χ1v) is 7.72. The van der Waals surface area contributed by atoms with Crippen molar-refractivity contribution in [2.75, 3.05) is 0 Å². The highest BCUT2D eigenvalue weighted by atomic mass is 32.1. The molecule has 2 heterocycles. The van der Waals surface area contributed by atoms with Crippen LogP contribution in [0.4, 0.5) is 0 Å². The third-order valence-corrected chi connectivity index (χ3v) is 4.04. The van der Waals surface area contributed by atoms with E-state index in [0.717, 1.165) is 10.4 Å². The molecule has 0 aliphatic heterocycles. The fraction of sp³-hybridized carbons (Fsp3) is 0.250. The van der Waals surface area contributed by atoms with E-state index >= 15 is 0 Å². The number of oxazole rings is 1. The maximum atomic E-state index is 12.2. The normalized spacial score (nSPS) is 11.2. The van der Waals surface area contributed by atoms with Gasteiger partial charge in [0, 0.05) is 16.4 Å². The molecular formula is C16H16N2O2S. The molecule has 3 rings (SSSR count). The predicted molar refractivity (Wildman–Crippen MR) is 83.6 cm³/mol. The molecule has 0 radical (unpaired) electrons. The number of benzene rings is 1. The van der Waals surface area contributed by atoms with Crippen molar-refractivity contribution in [3.05, 3.63) is 52.0 Å². The van der Waals surface area contributed by atoms with Gasteiger partial charge in [-0.05, 0) is 29.6 Å². The highest BCUT2D eigenvalue weighted by molar-refractivity contribution is 7.09. The van der Waals surface area contributed by atoms with E-state index in [4.69, 9.17) is 4.42 Å². The van der Waals surface area contributed by atoms with Gasteiger partial charge in [-0.3, -0.25) is 4.79 Å². The summed E-state index contributed by atoms with van der Waals surface area (Å²) in [7, 11) is 0. The minimum atomic E-state index is -0.104. The molecule has 5 heteroatoms. The predicted octanol–water partition coefficient (Wildman–Crippen LogP) is 3.94. The first kappa shape index (κ1) is 13.8. The zero-order valence-corrected chi connectivity index (χ0v) is 12.7. The van der Waals surface area contributed by atoms with Crippen LogP contribution in [0.15, 0.2) is 40.1 Å². The lowest BCUT2D eigenvalue weighted by Crippen LogP contribution is -2.22. The van der Waals surface area contributed by atoms with Crippen molar-refractivity contribution in [3.63, 3.8) is 0 Å². The first-order chi connectivity index (χ1) is 10.1. The van der Waals surface area contributed by atoms with Crippen LogP contribution >= 0.6 is 11.3 Å². The smallest absolute Gasteiger partial charge is 0.251 e. The van der Waals surface area contributed by atoms with Gasteiger partial charge in [0.1, 0.15) is 5.52 Å². The fourth-order valence-electron chi connectivity index (χ4n) is 2.01. The molecule has 1 amide bonds. The Morgan fingerprint density at radius 2 is 2.24 bits per heavy atom. The quantitative estimate of drug-likeness (QED) is 0.794. The first-order valence-electron chi connectivity index (χ1n) is 6.84. The molecule has 0 aliphatic carbocycles. The minimum Gasteiger partial charge on any atom is -0.440 e. The topological polar surface area (TPSA) is 55.1 Å². The molecule has 0 unspecified atom stereocenters. The molecular weight excluding hydrogens is 284 g/mol. The van der Waals surface area contributed by atoms with Crippen LogP contribution in [0.1, 0.15) is 40.9 Å². The van der Waals surface area contributed by atoms with E-state index in [-0.39, 0.29) is 11.8 Å². The molecule has 0 aliphatic rings. The molecule has 4 nitrogen and oxygen atoms in total. The van der Waals surface area contributed by atoms with E-state index in [1.807, 2.05) is 37.4 Å². The Hall–Kier alpha value is -2.14. The van der Waals surface area contributed by atoms with Crippen molar-refractivity contribution in [1.29, 1.82) is 0 Å². The molecule has 0 spiro atoms. The summed E-state index contributed by atoms with van der Waals surface area (Å²) in [4.78, 5) is 17.7. The van der Waals surface area contributed by atoms with E-state index < -0.39 is 0 Å². The van der Waals surface area contributed by atoms with Crippen LogP contribution in [0.2, 0.25) is 0 Å². The second-order valence-corrected chi connectivity index (χ2v) is 6.18. The van der Waals surface area contributed by atoms with Crippen LogP contribution in [0, 0.1) is 0 Å². The molecule has 1 N–H and O–H groups in total. The molecule has 2 aromatic heterocycles. The zero-order valence-electron chi connectivity index (χ0n) is 11.9. The molecule has 0 fully saturated rings. The van der Waals surface area contributed by atoms with E-state index in [0.29, 0.717) is 23.6 Å². The highest BCUT2D eigenvalue weighted by Gasteiger charge is 2.12. The number of hydrogen-bond donors (Lipinski definition) is 1. The summed E-state index contributed by atoms with van der Waals surface area (Å²) in [6.07, 6.45) is 0. The third kappa shape index (κ3) is 2.97. The lowest BCUT2D eigenvalue weighted by atomic mass is 10.2. The van der Waals surface area contributed by atoms with Gasteiger partial charge in [-0.2, -0.15) is 0 Å². The van der Waals surface area contributed by atoms with Gasteiger partial charge in [0.2, 0.25) is 0 Å². The van der Waals surface area contributed by atoms with Crippen LogP contribution in [-0.2, 0) is 6.54 Å². The van der Waals surface area contributed by atoms with Gasteiger partial charge >= 0.3 is 0 Å². The fourth-order valence-corrected chi connectivity index (χ4v) is 2.66. The van der Waals surface area contributed by atoms with Crippen molar-refractivity contribution >= 4 is 28.3 Å². The standard InChI is InChI=1S/C16H16N2O2S/c1-10(2)16-18-13-6-5-11(8-14(13)20-16)15(19)17-9-12-4-3-7-21-12/h3-8,10H,9H2,1-2H3,(H,17,19). The van der Waals surface area contributed by atoms with Crippen LogP contribution < -0.4 is 5.32 Å². The second-order valence-electron chi connectivity index (χ2n) is 5.15. The number of nitrogens with one attached hydrogen (secondary N) is 1. The average Bonchev–Trinajstić information content (AvgIpc) is 3.12. The number of carbonyl (C=O) groups is 1. The zero-order chi connectivity index (χ0) is 14.8. The van der Waals surface area contributed by atoms with Crippen molar-refractivity contribution in [2.24, 2.45) is 0 Å². The number of aromatic nitrogens is 1. The van der Waals surface area contributed by atoms with E-state index in [1.54, 1.807) is 23.5 Å². The van der Waals surface area contributed by atoms with E-state index in [9.17, 15) is 4.79 Å². The van der Waals surface area contributed by atoms with Crippen molar-refractivity contribution in [2.45, 2.75) is 26.3 Å². The van der Waals surface area contributed by atoms with Crippen molar-refractivity contribution in [1.82, 2.24) is 10.3 Å². The number of rotatable bonds is 4. The van der Waals surface area contributed by atoms with Crippen LogP contribution in [0.3, 0.4) is 0 Å². The third-order valence-electron chi connectivity index (χ3n) is 3.16. The van der Waals surface area contributed by atoms with Gasteiger partial charge in [0.25, 0.3) is 5.91 Å². The van der Waals surface area contributed by atoms with Gasteiger partial charge < -0.3 is 9.73 Å². The number of nitrogens with zero attached hydrogens (tertiary/aromatic N) is 1. The lowest BCUT2D eigenvalue weighted by molar-refractivity contribution is 0.0951. The Morgan fingerprint density at radius 3 is 2.95 bits per heavy atom. The SMILES string of the molecule is CC(C)c1nc2ccc(C(=O)NCc3cccs3)cc2o1. The number of thiophene rings is 1. The number of hydrogen-bond acceptors (Lipinski definition) is 4. The lowest BCUT2D eigenvalue weighted by Gasteiger charge is -2.03. The maximum absolute atomic E-state index is 12.2. The molecule has 0 saturated heterocycles.